The Hall–Kier alpha value is -5.77. The van der Waals surface area contributed by atoms with Gasteiger partial charge in [-0.1, -0.05) is 101 Å². The lowest BCUT2D eigenvalue weighted by atomic mass is 10.0. The number of nitrogens with one attached hydrogen (secondary N) is 1. The smallest absolute Gasteiger partial charge is 0.323 e. The molecule has 0 aliphatic heterocycles. The number of aliphatic carboxylic acids is 1. The number of aryl methyl sites for hydroxylation is 1. The van der Waals surface area contributed by atoms with Crippen molar-refractivity contribution in [3.63, 3.8) is 0 Å². The predicted octanol–water partition coefficient (Wildman–Crippen LogP) is 8.59. The minimum Gasteiger partial charge on any atom is -0.480 e. The molecule has 0 aliphatic rings. The van der Waals surface area contributed by atoms with Gasteiger partial charge in [-0.3, -0.25) is 14.4 Å². The lowest BCUT2D eigenvalue weighted by Gasteiger charge is -2.21. The summed E-state index contributed by atoms with van der Waals surface area (Å²) < 4.78 is 5.54. The molecule has 0 spiro atoms. The van der Waals surface area contributed by atoms with Gasteiger partial charge in [0.1, 0.15) is 6.54 Å². The van der Waals surface area contributed by atoms with E-state index in [2.05, 4.69) is 46.6 Å². The van der Waals surface area contributed by atoms with Crippen LogP contribution in [0.25, 0.3) is 34.0 Å². The first-order valence-electron chi connectivity index (χ1n) is 15.6. The fourth-order valence-electron chi connectivity index (χ4n) is 5.27. The molecule has 50 heavy (non-hydrogen) atoms. The molecule has 0 fully saturated rings. The van der Waals surface area contributed by atoms with Crippen LogP contribution in [-0.4, -0.2) is 44.5 Å². The Labute approximate surface area is 298 Å². The highest BCUT2D eigenvalue weighted by Crippen LogP contribution is 2.27. The number of aromatic nitrogens is 2. The second kappa shape index (κ2) is 15.2. The Balaban J connectivity index is 1.08. The largest absolute Gasteiger partial charge is 0.480 e. The maximum absolute atomic E-state index is 13.4. The number of carboxylic acids is 1. The maximum Gasteiger partial charge on any atom is 0.323 e. The molecule has 0 aliphatic carbocycles. The maximum atomic E-state index is 13.4. The van der Waals surface area contributed by atoms with Crippen LogP contribution < -0.4 is 5.32 Å². The molecule has 0 saturated heterocycles. The summed E-state index contributed by atoms with van der Waals surface area (Å²) in [4.78, 5) is 43.4. The highest BCUT2D eigenvalue weighted by Gasteiger charge is 2.20. The highest BCUT2D eigenvalue weighted by molar-refractivity contribution is 6.42. The Morgan fingerprint density at radius 1 is 0.740 bits per heavy atom. The molecule has 0 radical (unpaired) electrons. The number of rotatable bonds is 11. The lowest BCUT2D eigenvalue weighted by Crippen LogP contribution is -2.35. The van der Waals surface area contributed by atoms with Gasteiger partial charge >= 0.3 is 5.97 Å². The minimum absolute atomic E-state index is 0.0539. The summed E-state index contributed by atoms with van der Waals surface area (Å²) in [6.45, 7) is 1.61. The predicted molar refractivity (Wildman–Crippen MR) is 193 cm³/mol. The zero-order valence-electron chi connectivity index (χ0n) is 26.8. The van der Waals surface area contributed by atoms with Crippen LogP contribution in [0.1, 0.15) is 27.0 Å². The van der Waals surface area contributed by atoms with E-state index in [0.717, 1.165) is 16.7 Å². The van der Waals surface area contributed by atoms with Crippen molar-refractivity contribution in [1.82, 2.24) is 15.0 Å². The van der Waals surface area contributed by atoms with Crippen molar-refractivity contribution >= 4 is 46.7 Å². The van der Waals surface area contributed by atoms with Gasteiger partial charge in [-0.15, -0.1) is 0 Å². The molecule has 9 nitrogen and oxygen atoms in total. The van der Waals surface area contributed by atoms with Gasteiger partial charge in [0, 0.05) is 28.9 Å². The monoisotopic (exact) mass is 704 g/mol. The van der Waals surface area contributed by atoms with Crippen molar-refractivity contribution in [1.29, 1.82) is 0 Å². The molecular formula is C39H30Cl2N4O5. The van der Waals surface area contributed by atoms with Crippen molar-refractivity contribution in [3.8, 4) is 34.0 Å². The number of carbonyl (C=O) groups excluding carboxylic acids is 2. The van der Waals surface area contributed by atoms with Gasteiger partial charge in [-0.2, -0.15) is 4.98 Å². The van der Waals surface area contributed by atoms with Gasteiger partial charge in [-0.05, 0) is 77.7 Å². The van der Waals surface area contributed by atoms with Crippen LogP contribution in [0, 0.1) is 6.92 Å². The first-order valence-corrected chi connectivity index (χ1v) is 16.3. The summed E-state index contributed by atoms with van der Waals surface area (Å²) in [5.74, 6) is -1.11. The molecule has 2 N–H and O–H groups in total. The topological polar surface area (TPSA) is 126 Å². The van der Waals surface area contributed by atoms with Crippen molar-refractivity contribution in [2.45, 2.75) is 19.9 Å². The number of carboxylic acid groups (broad SMARTS) is 1. The second-order valence-corrected chi connectivity index (χ2v) is 12.5. The number of hydrogen-bond donors (Lipinski definition) is 2. The van der Waals surface area contributed by atoms with Crippen LogP contribution in [0.5, 0.6) is 0 Å². The van der Waals surface area contributed by atoms with Crippen LogP contribution in [-0.2, 0) is 22.6 Å². The summed E-state index contributed by atoms with van der Waals surface area (Å²) in [7, 11) is 0. The van der Waals surface area contributed by atoms with Crippen LogP contribution in [0.15, 0.2) is 120 Å². The lowest BCUT2D eigenvalue weighted by molar-refractivity contribution is -0.137. The van der Waals surface area contributed by atoms with E-state index in [9.17, 15) is 19.5 Å². The van der Waals surface area contributed by atoms with E-state index >= 15 is 0 Å². The van der Waals surface area contributed by atoms with Crippen molar-refractivity contribution in [2.75, 3.05) is 11.9 Å². The van der Waals surface area contributed by atoms with E-state index in [0.29, 0.717) is 44.1 Å². The number of anilines is 1. The molecule has 11 heteroatoms. The van der Waals surface area contributed by atoms with Crippen LogP contribution in [0.3, 0.4) is 0 Å². The van der Waals surface area contributed by atoms with Crippen molar-refractivity contribution < 1.29 is 24.0 Å². The molecule has 0 atom stereocenters. The van der Waals surface area contributed by atoms with Gasteiger partial charge in [0.05, 0.1) is 16.5 Å². The summed E-state index contributed by atoms with van der Waals surface area (Å²) in [6.07, 6.45) is 0.0827. The van der Waals surface area contributed by atoms with E-state index in [1.54, 1.807) is 66.7 Å². The van der Waals surface area contributed by atoms with E-state index in [4.69, 9.17) is 27.7 Å². The first-order chi connectivity index (χ1) is 24.1. The van der Waals surface area contributed by atoms with E-state index < -0.39 is 18.4 Å². The third-order valence-electron chi connectivity index (χ3n) is 7.91. The third-order valence-corrected chi connectivity index (χ3v) is 8.65. The van der Waals surface area contributed by atoms with Gasteiger partial charge in [-0.25, -0.2) is 0 Å². The summed E-state index contributed by atoms with van der Waals surface area (Å²) in [5.41, 5.74) is 7.06. The molecule has 6 aromatic rings. The molecule has 6 rings (SSSR count). The molecule has 2 amide bonds. The summed E-state index contributed by atoms with van der Waals surface area (Å²) in [6, 6.07) is 34.6. The number of amides is 2. The van der Waals surface area contributed by atoms with Crippen LogP contribution >= 0.6 is 23.2 Å². The Morgan fingerprint density at radius 3 is 1.98 bits per heavy atom. The zero-order valence-corrected chi connectivity index (χ0v) is 28.3. The fourth-order valence-corrected chi connectivity index (χ4v) is 5.59. The second-order valence-electron chi connectivity index (χ2n) is 11.7. The SMILES string of the molecule is Cc1ccc(-c2ccc(-c3nc(-c4ccc(CN(CC(=O)O)C(=O)c5ccc(NC(=O)Cc6ccc(Cl)c(Cl)c6)cc5)cc4)no3)cc2)cc1. The number of hydrogen-bond acceptors (Lipinski definition) is 6. The molecule has 0 saturated carbocycles. The first kappa shape index (κ1) is 34.1. The average Bonchev–Trinajstić information content (AvgIpc) is 3.61. The number of benzene rings is 5. The molecular weight excluding hydrogens is 675 g/mol. The van der Waals surface area contributed by atoms with Gasteiger partial charge < -0.3 is 19.8 Å². The quantitative estimate of drug-likeness (QED) is 0.138. The third kappa shape index (κ3) is 8.44. The van der Waals surface area contributed by atoms with Gasteiger partial charge in [0.25, 0.3) is 11.8 Å². The fraction of sp³-hybridized carbons (Fsp3) is 0.103. The average molecular weight is 706 g/mol. The molecule has 1 aromatic heterocycles. The Morgan fingerprint density at radius 2 is 1.34 bits per heavy atom. The minimum atomic E-state index is -1.15. The number of nitrogens with zero attached hydrogens (tertiary/aromatic N) is 3. The van der Waals surface area contributed by atoms with Gasteiger partial charge in [0.2, 0.25) is 11.7 Å². The zero-order chi connectivity index (χ0) is 35.2. The molecule has 250 valence electrons. The number of carbonyl (C=O) groups is 3. The standard InChI is InChI=1S/C39H30Cl2N4O5/c1-24-2-7-27(8-3-24)28-11-13-30(14-12-28)38-43-37(44-50-38)29-9-4-25(5-10-29)22-45(23-36(47)48)39(49)31-15-17-32(18-16-31)42-35(46)21-26-6-19-33(40)34(41)20-26/h2-20H,21-23H2,1H3,(H,42,46)(H,47,48). The van der Waals surface area contributed by atoms with E-state index in [1.165, 1.54) is 10.5 Å². The highest BCUT2D eigenvalue weighted by atomic mass is 35.5. The van der Waals surface area contributed by atoms with Crippen molar-refractivity contribution in [3.05, 3.63) is 148 Å². The summed E-state index contributed by atoms with van der Waals surface area (Å²) in [5, 5.41) is 17.2. The van der Waals surface area contributed by atoms with Gasteiger partial charge in [0.15, 0.2) is 0 Å². The molecule has 0 bridgehead atoms. The van der Waals surface area contributed by atoms with E-state index in [1.807, 2.05) is 24.3 Å². The molecule has 5 aromatic carbocycles. The van der Waals surface area contributed by atoms with E-state index in [-0.39, 0.29) is 24.4 Å². The normalized spacial score (nSPS) is 10.9. The Bertz CT molecular complexity index is 2150. The van der Waals surface area contributed by atoms with Crippen LogP contribution in [0.4, 0.5) is 5.69 Å². The van der Waals surface area contributed by atoms with Crippen molar-refractivity contribution in [2.24, 2.45) is 0 Å². The number of halogens is 2. The molecule has 0 unspecified atom stereocenters. The summed E-state index contributed by atoms with van der Waals surface area (Å²) >= 11 is 12.0. The molecule has 1 heterocycles. The van der Waals surface area contributed by atoms with Crippen LogP contribution in [0.2, 0.25) is 10.0 Å². The Kier molecular flexibility index (Phi) is 10.4.